The first-order valence-electron chi connectivity index (χ1n) is 7.79. The van der Waals surface area contributed by atoms with Crippen LogP contribution in [0.25, 0.3) is 0 Å². The van der Waals surface area contributed by atoms with Gasteiger partial charge in [0, 0.05) is 11.9 Å². The lowest BCUT2D eigenvalue weighted by atomic mass is 9.89. The number of aliphatic imine (C=N–C) groups is 1. The van der Waals surface area contributed by atoms with Gasteiger partial charge in [-0.2, -0.15) is 0 Å². The summed E-state index contributed by atoms with van der Waals surface area (Å²) in [6.45, 7) is 1.92. The molecule has 0 spiro atoms. The van der Waals surface area contributed by atoms with Gasteiger partial charge in [0.2, 0.25) is 5.91 Å². The average molecular weight is 324 g/mol. The van der Waals surface area contributed by atoms with E-state index in [1.165, 1.54) is 0 Å². The van der Waals surface area contributed by atoms with Gasteiger partial charge in [0.1, 0.15) is 11.5 Å². The number of rotatable bonds is 5. The summed E-state index contributed by atoms with van der Waals surface area (Å²) in [6.07, 6.45) is 1.83. The summed E-state index contributed by atoms with van der Waals surface area (Å²) in [4.78, 5) is 18.5. The molecule has 24 heavy (non-hydrogen) atoms. The predicted octanol–water partition coefficient (Wildman–Crippen LogP) is 3.46. The molecule has 0 radical (unpaired) electrons. The minimum absolute atomic E-state index is 0.0482. The van der Waals surface area contributed by atoms with E-state index in [4.69, 9.17) is 9.47 Å². The van der Waals surface area contributed by atoms with Crippen molar-refractivity contribution < 1.29 is 14.3 Å². The first kappa shape index (κ1) is 16.1. The topological polar surface area (TPSA) is 51.1 Å². The van der Waals surface area contributed by atoms with Crippen molar-refractivity contribution in [1.29, 1.82) is 0 Å². The second-order valence-electron chi connectivity index (χ2n) is 5.66. The molecule has 124 valence electrons. The average Bonchev–Trinajstić information content (AvgIpc) is 2.65. The molecule has 0 unspecified atom stereocenters. The van der Waals surface area contributed by atoms with E-state index in [9.17, 15) is 4.79 Å². The number of hydrogen-bond donors (Lipinski definition) is 0. The van der Waals surface area contributed by atoms with Gasteiger partial charge in [-0.1, -0.05) is 6.92 Å². The lowest BCUT2D eigenvalue weighted by molar-refractivity contribution is -0.127. The van der Waals surface area contributed by atoms with Gasteiger partial charge in [0.05, 0.1) is 31.9 Å². The molecule has 2 aromatic carbocycles. The predicted molar refractivity (Wildman–Crippen MR) is 94.6 cm³/mol. The fourth-order valence-electron chi connectivity index (χ4n) is 2.72. The summed E-state index contributed by atoms with van der Waals surface area (Å²) >= 11 is 0. The molecule has 3 rings (SSSR count). The molecule has 0 saturated carbocycles. The van der Waals surface area contributed by atoms with Gasteiger partial charge in [0.25, 0.3) is 0 Å². The molecular weight excluding hydrogens is 304 g/mol. The molecule has 2 atom stereocenters. The van der Waals surface area contributed by atoms with Crippen LogP contribution in [0.1, 0.15) is 6.92 Å². The Bertz CT molecular complexity index is 738. The van der Waals surface area contributed by atoms with E-state index in [1.807, 2.05) is 61.7 Å². The van der Waals surface area contributed by atoms with Gasteiger partial charge < -0.3 is 14.4 Å². The maximum Gasteiger partial charge on any atom is 0.232 e. The molecule has 0 N–H and O–H groups in total. The third kappa shape index (κ3) is 2.97. The molecule has 2 aromatic rings. The maximum absolute atomic E-state index is 12.2. The van der Waals surface area contributed by atoms with Gasteiger partial charge in [-0.15, -0.1) is 0 Å². The van der Waals surface area contributed by atoms with Gasteiger partial charge >= 0.3 is 0 Å². The van der Waals surface area contributed by atoms with Crippen molar-refractivity contribution in [2.45, 2.75) is 13.0 Å². The highest BCUT2D eigenvalue weighted by Gasteiger charge is 2.43. The molecule has 0 aromatic heterocycles. The Hall–Kier alpha value is -2.82. The van der Waals surface area contributed by atoms with Crippen molar-refractivity contribution >= 4 is 23.5 Å². The lowest BCUT2D eigenvalue weighted by Crippen LogP contribution is -2.61. The quantitative estimate of drug-likeness (QED) is 0.625. The van der Waals surface area contributed by atoms with E-state index in [1.54, 1.807) is 19.1 Å². The summed E-state index contributed by atoms with van der Waals surface area (Å²) < 4.78 is 10.3. The zero-order valence-corrected chi connectivity index (χ0v) is 14.0. The van der Waals surface area contributed by atoms with E-state index in [0.29, 0.717) is 0 Å². The summed E-state index contributed by atoms with van der Waals surface area (Å²) in [5, 5.41) is 0. The van der Waals surface area contributed by atoms with Crippen LogP contribution in [0.3, 0.4) is 0 Å². The molecule has 1 aliphatic rings. The van der Waals surface area contributed by atoms with Crippen LogP contribution in [0.4, 0.5) is 11.4 Å². The van der Waals surface area contributed by atoms with Crippen molar-refractivity contribution in [3.8, 4) is 11.5 Å². The van der Waals surface area contributed by atoms with Crippen molar-refractivity contribution in [3.63, 3.8) is 0 Å². The third-order valence-electron chi connectivity index (χ3n) is 4.24. The Morgan fingerprint density at radius 1 is 0.958 bits per heavy atom. The molecule has 5 nitrogen and oxygen atoms in total. The van der Waals surface area contributed by atoms with Crippen LogP contribution in [0, 0.1) is 5.92 Å². The van der Waals surface area contributed by atoms with E-state index in [-0.39, 0.29) is 17.9 Å². The second kappa shape index (κ2) is 6.74. The van der Waals surface area contributed by atoms with E-state index in [2.05, 4.69) is 4.99 Å². The number of carbonyl (C=O) groups is 1. The first-order chi connectivity index (χ1) is 11.6. The van der Waals surface area contributed by atoms with Gasteiger partial charge in [0.15, 0.2) is 0 Å². The lowest BCUT2D eigenvalue weighted by Gasteiger charge is -2.43. The Morgan fingerprint density at radius 2 is 1.50 bits per heavy atom. The van der Waals surface area contributed by atoms with Gasteiger partial charge in [-0.25, -0.2) is 0 Å². The number of hydrogen-bond acceptors (Lipinski definition) is 4. The SMILES string of the molecule is COc1ccc(N=C[C@@H]2[C@H](C)C(=O)N2c2ccc(OC)cc2)cc1. The normalized spacial score (nSPS) is 20.1. The number of ether oxygens (including phenoxy) is 2. The smallest absolute Gasteiger partial charge is 0.232 e. The van der Waals surface area contributed by atoms with Crippen molar-refractivity contribution in [3.05, 3.63) is 48.5 Å². The second-order valence-corrected chi connectivity index (χ2v) is 5.66. The first-order valence-corrected chi connectivity index (χ1v) is 7.79. The molecule has 1 aliphatic heterocycles. The highest BCUT2D eigenvalue weighted by Crippen LogP contribution is 2.33. The highest BCUT2D eigenvalue weighted by molar-refractivity contribution is 6.08. The van der Waals surface area contributed by atoms with E-state index < -0.39 is 0 Å². The molecule has 5 heteroatoms. The number of anilines is 1. The molecule has 0 aliphatic carbocycles. The Morgan fingerprint density at radius 3 is 2.04 bits per heavy atom. The third-order valence-corrected chi connectivity index (χ3v) is 4.24. The van der Waals surface area contributed by atoms with Gasteiger partial charge in [-0.05, 0) is 48.5 Å². The van der Waals surface area contributed by atoms with Crippen molar-refractivity contribution in [1.82, 2.24) is 0 Å². The molecule has 1 heterocycles. The monoisotopic (exact) mass is 324 g/mol. The Kier molecular flexibility index (Phi) is 4.51. The van der Waals surface area contributed by atoms with Crippen LogP contribution >= 0.6 is 0 Å². The fourth-order valence-corrected chi connectivity index (χ4v) is 2.72. The van der Waals surface area contributed by atoms with Crippen LogP contribution in [-0.2, 0) is 4.79 Å². The zero-order valence-electron chi connectivity index (χ0n) is 14.0. The van der Waals surface area contributed by atoms with Crippen molar-refractivity contribution in [2.75, 3.05) is 19.1 Å². The van der Waals surface area contributed by atoms with Crippen LogP contribution < -0.4 is 14.4 Å². The standard InChI is InChI=1S/C19H20N2O3/c1-13-18(12-20-14-4-8-16(23-2)9-5-14)21(19(13)22)15-6-10-17(24-3)11-7-15/h4-13,18H,1-3H3/t13-,18+/m0/s1. The van der Waals surface area contributed by atoms with Crippen LogP contribution in [-0.4, -0.2) is 32.4 Å². The number of β-lactam (4-membered cyclic amide) rings is 1. The number of methoxy groups -OCH3 is 2. The van der Waals surface area contributed by atoms with Crippen LogP contribution in [0.5, 0.6) is 11.5 Å². The zero-order chi connectivity index (χ0) is 17.1. The summed E-state index contributed by atoms with van der Waals surface area (Å²) in [7, 11) is 3.25. The van der Waals surface area contributed by atoms with Crippen molar-refractivity contribution in [2.24, 2.45) is 10.9 Å². The summed E-state index contributed by atoms with van der Waals surface area (Å²) in [5.74, 6) is 1.59. The largest absolute Gasteiger partial charge is 0.497 e. The highest BCUT2D eigenvalue weighted by atomic mass is 16.5. The van der Waals surface area contributed by atoms with E-state index >= 15 is 0 Å². The number of benzene rings is 2. The number of nitrogens with zero attached hydrogens (tertiary/aromatic N) is 2. The van der Waals surface area contributed by atoms with Crippen LogP contribution in [0.15, 0.2) is 53.5 Å². The Balaban J connectivity index is 1.77. The summed E-state index contributed by atoms with van der Waals surface area (Å²) in [5.41, 5.74) is 1.68. The molecule has 1 saturated heterocycles. The number of amides is 1. The number of carbonyl (C=O) groups excluding carboxylic acids is 1. The minimum atomic E-state index is -0.0749. The molecule has 1 fully saturated rings. The van der Waals surface area contributed by atoms with Gasteiger partial charge in [-0.3, -0.25) is 9.79 Å². The minimum Gasteiger partial charge on any atom is -0.497 e. The summed E-state index contributed by atoms with van der Waals surface area (Å²) in [6, 6.07) is 14.9. The fraction of sp³-hybridized carbons (Fsp3) is 0.263. The molecule has 0 bridgehead atoms. The molecule has 1 amide bonds. The Labute approximate surface area is 141 Å². The molecular formula is C19H20N2O3. The van der Waals surface area contributed by atoms with E-state index in [0.717, 1.165) is 22.9 Å². The maximum atomic E-state index is 12.2. The van der Waals surface area contributed by atoms with Crippen LogP contribution in [0.2, 0.25) is 0 Å².